The number of benzene rings is 1. The lowest BCUT2D eigenvalue weighted by molar-refractivity contribution is 0.0607. The summed E-state index contributed by atoms with van der Waals surface area (Å²) in [4.78, 5) is 13.4. The van der Waals surface area contributed by atoms with Crippen LogP contribution >= 0.6 is 15.9 Å². The minimum absolute atomic E-state index is 0.0611. The van der Waals surface area contributed by atoms with Crippen LogP contribution in [0.15, 0.2) is 22.7 Å². The van der Waals surface area contributed by atoms with Gasteiger partial charge in [-0.15, -0.1) is 0 Å². The lowest BCUT2D eigenvalue weighted by atomic mass is 10.1. The van der Waals surface area contributed by atoms with Crippen molar-refractivity contribution >= 4 is 21.8 Å². The Morgan fingerprint density at radius 1 is 1.47 bits per heavy atom. The van der Waals surface area contributed by atoms with Crippen molar-refractivity contribution in [3.8, 4) is 0 Å². The molecule has 0 spiro atoms. The molecule has 2 N–H and O–H groups in total. The number of carbonyl (C=O) groups is 1. The molecule has 5 heteroatoms. The summed E-state index contributed by atoms with van der Waals surface area (Å²) < 4.78 is 13.6. The van der Waals surface area contributed by atoms with E-state index in [2.05, 4.69) is 15.9 Å². The van der Waals surface area contributed by atoms with E-state index in [9.17, 15) is 9.18 Å². The minimum atomic E-state index is -0.419. The molecule has 2 rings (SSSR count). The van der Waals surface area contributed by atoms with Crippen molar-refractivity contribution in [3.05, 3.63) is 34.1 Å². The van der Waals surface area contributed by atoms with Crippen LogP contribution in [0.2, 0.25) is 0 Å². The van der Waals surface area contributed by atoms with Crippen LogP contribution in [0.25, 0.3) is 0 Å². The number of carbonyl (C=O) groups excluding carboxylic acids is 1. The average molecular weight is 273 g/mol. The van der Waals surface area contributed by atoms with Gasteiger partial charge in [0, 0.05) is 29.2 Å². The third-order valence-corrected chi connectivity index (χ3v) is 2.76. The fourth-order valence-electron chi connectivity index (χ4n) is 1.54. The smallest absolute Gasteiger partial charge is 0.254 e. The summed E-state index contributed by atoms with van der Waals surface area (Å²) in [7, 11) is 0. The first-order valence-electron chi connectivity index (χ1n) is 4.57. The van der Waals surface area contributed by atoms with Gasteiger partial charge in [0.2, 0.25) is 0 Å². The third kappa shape index (κ3) is 2.18. The monoisotopic (exact) mass is 272 g/mol. The van der Waals surface area contributed by atoms with E-state index in [4.69, 9.17) is 5.73 Å². The lowest BCUT2D eigenvalue weighted by Gasteiger charge is -2.36. The van der Waals surface area contributed by atoms with Crippen LogP contribution in [0, 0.1) is 5.82 Å². The number of nitrogens with zero attached hydrogens (tertiary/aromatic N) is 1. The first-order chi connectivity index (χ1) is 7.06. The quantitative estimate of drug-likeness (QED) is 0.840. The van der Waals surface area contributed by atoms with Gasteiger partial charge in [-0.25, -0.2) is 4.39 Å². The highest BCUT2D eigenvalue weighted by atomic mass is 79.9. The Hall–Kier alpha value is -0.940. The molecule has 0 unspecified atom stereocenters. The molecule has 15 heavy (non-hydrogen) atoms. The van der Waals surface area contributed by atoms with E-state index in [0.717, 1.165) is 0 Å². The van der Waals surface area contributed by atoms with Gasteiger partial charge in [0.15, 0.2) is 0 Å². The second kappa shape index (κ2) is 3.90. The van der Waals surface area contributed by atoms with Crippen molar-refractivity contribution in [1.82, 2.24) is 4.90 Å². The fourth-order valence-corrected chi connectivity index (χ4v) is 2.00. The molecule has 0 aromatic heterocycles. The standard InChI is InChI=1S/C10H10BrFN2O/c11-7-1-6(2-8(12)3-7)10(15)14-4-9(13)5-14/h1-3,9H,4-5,13H2. The van der Waals surface area contributed by atoms with Gasteiger partial charge in [0.25, 0.3) is 5.91 Å². The summed E-state index contributed by atoms with van der Waals surface area (Å²) in [5.74, 6) is -0.588. The van der Waals surface area contributed by atoms with Gasteiger partial charge < -0.3 is 10.6 Å². The van der Waals surface area contributed by atoms with Crippen molar-refractivity contribution in [2.24, 2.45) is 5.73 Å². The van der Waals surface area contributed by atoms with Crippen LogP contribution < -0.4 is 5.73 Å². The molecule has 1 aliphatic rings. The summed E-state index contributed by atoms with van der Waals surface area (Å²) >= 11 is 3.15. The molecule has 3 nitrogen and oxygen atoms in total. The molecule has 0 saturated carbocycles. The number of hydrogen-bond donors (Lipinski definition) is 1. The Labute approximate surface area is 95.2 Å². The topological polar surface area (TPSA) is 46.3 Å². The van der Waals surface area contributed by atoms with Gasteiger partial charge in [-0.1, -0.05) is 15.9 Å². The fraction of sp³-hybridized carbons (Fsp3) is 0.300. The Morgan fingerprint density at radius 2 is 2.13 bits per heavy atom. The summed E-state index contributed by atoms with van der Waals surface area (Å²) in [6, 6.07) is 4.22. The number of nitrogens with two attached hydrogens (primary N) is 1. The molecule has 1 fully saturated rings. The third-order valence-electron chi connectivity index (χ3n) is 2.31. The summed E-state index contributed by atoms with van der Waals surface area (Å²) in [5.41, 5.74) is 5.92. The highest BCUT2D eigenvalue weighted by Gasteiger charge is 2.28. The van der Waals surface area contributed by atoms with Crippen LogP contribution in [-0.2, 0) is 0 Å². The Bertz CT molecular complexity index is 384. The highest BCUT2D eigenvalue weighted by Crippen LogP contribution is 2.18. The van der Waals surface area contributed by atoms with E-state index in [0.29, 0.717) is 23.1 Å². The van der Waals surface area contributed by atoms with Crippen LogP contribution in [0.3, 0.4) is 0 Å². The van der Waals surface area contributed by atoms with Gasteiger partial charge in [-0.2, -0.15) is 0 Å². The number of amides is 1. The summed E-state index contributed by atoms with van der Waals surface area (Å²) in [5, 5.41) is 0. The van der Waals surface area contributed by atoms with Gasteiger partial charge in [0.1, 0.15) is 5.82 Å². The molecule has 0 radical (unpaired) electrons. The van der Waals surface area contributed by atoms with Crippen LogP contribution in [0.4, 0.5) is 4.39 Å². The summed E-state index contributed by atoms with van der Waals surface area (Å²) in [6.45, 7) is 1.10. The Kier molecular flexibility index (Phi) is 2.75. The number of likely N-dealkylation sites (tertiary alicyclic amines) is 1. The zero-order valence-electron chi connectivity index (χ0n) is 7.91. The van der Waals surface area contributed by atoms with Crippen LogP contribution in [0.5, 0.6) is 0 Å². The predicted molar refractivity (Wildman–Crippen MR) is 58.0 cm³/mol. The molecule has 80 valence electrons. The zero-order valence-corrected chi connectivity index (χ0v) is 9.50. The first-order valence-corrected chi connectivity index (χ1v) is 5.36. The second-order valence-electron chi connectivity index (χ2n) is 3.63. The van der Waals surface area contributed by atoms with Crippen molar-refractivity contribution in [2.75, 3.05) is 13.1 Å². The van der Waals surface area contributed by atoms with Crippen molar-refractivity contribution in [2.45, 2.75) is 6.04 Å². The van der Waals surface area contributed by atoms with E-state index in [1.165, 1.54) is 12.1 Å². The van der Waals surface area contributed by atoms with Crippen molar-refractivity contribution in [1.29, 1.82) is 0 Å². The van der Waals surface area contributed by atoms with Crippen molar-refractivity contribution < 1.29 is 9.18 Å². The maximum absolute atomic E-state index is 13.0. The second-order valence-corrected chi connectivity index (χ2v) is 4.54. The normalized spacial score (nSPS) is 16.3. The predicted octanol–water partition coefficient (Wildman–Crippen LogP) is 1.37. The summed E-state index contributed by atoms with van der Waals surface area (Å²) in [6.07, 6.45) is 0. The highest BCUT2D eigenvalue weighted by molar-refractivity contribution is 9.10. The van der Waals surface area contributed by atoms with E-state index >= 15 is 0 Å². The molecule has 1 aromatic rings. The minimum Gasteiger partial charge on any atom is -0.335 e. The molecule has 1 aromatic carbocycles. The number of rotatable bonds is 1. The van der Waals surface area contributed by atoms with Gasteiger partial charge in [-0.3, -0.25) is 4.79 Å². The molecular weight excluding hydrogens is 263 g/mol. The Balaban J connectivity index is 2.18. The molecule has 0 aliphatic carbocycles. The molecular formula is C10H10BrFN2O. The van der Waals surface area contributed by atoms with Crippen molar-refractivity contribution in [3.63, 3.8) is 0 Å². The number of halogens is 2. The largest absolute Gasteiger partial charge is 0.335 e. The number of hydrogen-bond acceptors (Lipinski definition) is 2. The van der Waals surface area contributed by atoms with Crippen LogP contribution in [-0.4, -0.2) is 29.9 Å². The van der Waals surface area contributed by atoms with Gasteiger partial charge in [-0.05, 0) is 18.2 Å². The SMILES string of the molecule is NC1CN(C(=O)c2cc(F)cc(Br)c2)C1. The molecule has 0 atom stereocenters. The molecule has 1 heterocycles. The first kappa shape index (κ1) is 10.6. The lowest BCUT2D eigenvalue weighted by Crippen LogP contribution is -2.57. The van der Waals surface area contributed by atoms with Crippen LogP contribution in [0.1, 0.15) is 10.4 Å². The maximum atomic E-state index is 13.0. The van der Waals surface area contributed by atoms with E-state index in [1.807, 2.05) is 0 Å². The average Bonchev–Trinajstić information content (AvgIpc) is 2.10. The Morgan fingerprint density at radius 3 is 2.67 bits per heavy atom. The van der Waals surface area contributed by atoms with E-state index in [-0.39, 0.29) is 11.9 Å². The molecule has 0 bridgehead atoms. The molecule has 1 aliphatic heterocycles. The van der Waals surface area contributed by atoms with Gasteiger partial charge in [0.05, 0.1) is 0 Å². The maximum Gasteiger partial charge on any atom is 0.254 e. The van der Waals surface area contributed by atoms with E-state index < -0.39 is 5.82 Å². The van der Waals surface area contributed by atoms with E-state index in [1.54, 1.807) is 11.0 Å². The molecule has 1 amide bonds. The van der Waals surface area contributed by atoms with Gasteiger partial charge >= 0.3 is 0 Å². The zero-order chi connectivity index (χ0) is 11.0. The molecule has 1 saturated heterocycles.